The van der Waals surface area contributed by atoms with Crippen molar-refractivity contribution >= 4 is 46.4 Å². The number of aldehydes is 1. The molecule has 146 valence electrons. The summed E-state index contributed by atoms with van der Waals surface area (Å²) in [6.07, 6.45) is 5.47. The number of carbonyl (C=O) groups is 4. The number of ketones is 1. The zero-order valence-corrected chi connectivity index (χ0v) is 16.3. The van der Waals surface area contributed by atoms with Gasteiger partial charge < -0.3 is 0 Å². The van der Waals surface area contributed by atoms with Crippen LogP contribution in [0.25, 0.3) is 10.8 Å². The number of imide groups is 1. The Kier molecular flexibility index (Phi) is 5.91. The van der Waals surface area contributed by atoms with Crippen molar-refractivity contribution in [2.45, 2.75) is 45.1 Å². The molecule has 2 aliphatic rings. The van der Waals surface area contributed by atoms with Crippen molar-refractivity contribution < 1.29 is 19.2 Å². The highest BCUT2D eigenvalue weighted by atomic mass is 35.5. The van der Waals surface area contributed by atoms with E-state index in [1.54, 1.807) is 24.3 Å². The van der Waals surface area contributed by atoms with E-state index in [9.17, 15) is 19.2 Å². The molecule has 28 heavy (non-hydrogen) atoms. The minimum atomic E-state index is -0.322. The summed E-state index contributed by atoms with van der Waals surface area (Å²) in [5.41, 5.74) is 1.48. The number of benzene rings is 2. The van der Waals surface area contributed by atoms with E-state index in [-0.39, 0.29) is 23.6 Å². The predicted octanol–water partition coefficient (Wildman–Crippen LogP) is 3.88. The average molecular weight is 401 g/mol. The molecule has 0 radical (unpaired) electrons. The lowest BCUT2D eigenvalue weighted by Gasteiger charge is -2.36. The molecule has 7 heteroatoms. The molecule has 2 aromatic rings. The van der Waals surface area contributed by atoms with Crippen LogP contribution < -0.4 is 5.25 Å². The van der Waals surface area contributed by atoms with Crippen LogP contribution in [-0.2, 0) is 0 Å². The number of nitrogens with zero attached hydrogens (tertiary/aromatic N) is 1. The molecule has 4 rings (SSSR count). The van der Waals surface area contributed by atoms with E-state index >= 15 is 0 Å². The van der Waals surface area contributed by atoms with Crippen LogP contribution >= 0.6 is 11.8 Å². The minimum absolute atomic E-state index is 0.0785. The summed E-state index contributed by atoms with van der Waals surface area (Å²) in [7, 11) is 0. The van der Waals surface area contributed by atoms with E-state index in [0.29, 0.717) is 39.3 Å². The zero-order valence-electron chi connectivity index (χ0n) is 15.5. The number of amides is 2. The van der Waals surface area contributed by atoms with Gasteiger partial charge in [-0.2, -0.15) is 0 Å². The fourth-order valence-electron chi connectivity index (χ4n) is 4.29. The van der Waals surface area contributed by atoms with Gasteiger partial charge in [-0.1, -0.05) is 25.3 Å². The lowest BCUT2D eigenvalue weighted by molar-refractivity contribution is 0.0502. The van der Waals surface area contributed by atoms with Crippen LogP contribution in [0, 0.1) is 0 Å². The van der Waals surface area contributed by atoms with Crippen molar-refractivity contribution in [3.05, 3.63) is 46.5 Å². The molecular formula is C21H21ClN2O4. The summed E-state index contributed by atoms with van der Waals surface area (Å²) in [4.78, 5) is 51.2. The van der Waals surface area contributed by atoms with Crippen LogP contribution in [0.2, 0.25) is 0 Å². The van der Waals surface area contributed by atoms with Gasteiger partial charge in [0.2, 0.25) is 0 Å². The number of rotatable bonds is 3. The highest BCUT2D eigenvalue weighted by Gasteiger charge is 2.38. The van der Waals surface area contributed by atoms with Gasteiger partial charge in [-0.15, -0.1) is 0 Å². The van der Waals surface area contributed by atoms with E-state index in [2.05, 4.69) is 17.0 Å². The van der Waals surface area contributed by atoms with Crippen molar-refractivity contribution in [2.24, 2.45) is 5.25 Å². The van der Waals surface area contributed by atoms with Gasteiger partial charge in [0.05, 0.1) is 0 Å². The lowest BCUT2D eigenvalue weighted by atomic mass is 9.85. The fourth-order valence-corrected chi connectivity index (χ4v) is 4.29. The van der Waals surface area contributed by atoms with Gasteiger partial charge in [-0.05, 0) is 49.7 Å². The Morgan fingerprint density at radius 3 is 2.11 bits per heavy atom. The number of halogens is 1. The summed E-state index contributed by atoms with van der Waals surface area (Å²) in [5.74, 6) is -0.846. The summed E-state index contributed by atoms with van der Waals surface area (Å²) in [6, 6.07) is 6.29. The third kappa shape index (κ3) is 3.12. The van der Waals surface area contributed by atoms with Gasteiger partial charge in [0.25, 0.3) is 11.8 Å². The van der Waals surface area contributed by atoms with Crippen molar-refractivity contribution in [1.29, 1.82) is 0 Å². The highest BCUT2D eigenvalue weighted by Crippen LogP contribution is 2.36. The molecule has 1 aliphatic heterocycles. The second-order valence-electron chi connectivity index (χ2n) is 7.06. The maximum atomic E-state index is 13.1. The lowest BCUT2D eigenvalue weighted by Crippen LogP contribution is -2.47. The van der Waals surface area contributed by atoms with E-state index in [4.69, 9.17) is 0 Å². The van der Waals surface area contributed by atoms with Crippen LogP contribution in [0.3, 0.4) is 0 Å². The summed E-state index contributed by atoms with van der Waals surface area (Å²) < 4.78 is 0. The fraction of sp³-hybridized carbons (Fsp3) is 0.333. The quantitative estimate of drug-likeness (QED) is 0.365. The molecule has 0 unspecified atom stereocenters. The van der Waals surface area contributed by atoms with Crippen LogP contribution in [0.15, 0.2) is 24.3 Å². The first-order valence-corrected chi connectivity index (χ1v) is 9.63. The molecule has 1 heterocycles. The molecule has 1 aliphatic carbocycles. The topological polar surface area (TPSA) is 97.5 Å². The van der Waals surface area contributed by atoms with Crippen molar-refractivity contribution in [2.75, 3.05) is 0 Å². The summed E-state index contributed by atoms with van der Waals surface area (Å²) in [5, 5.41) is 4.82. The van der Waals surface area contributed by atoms with E-state index in [0.717, 1.165) is 32.1 Å². The molecule has 0 spiro atoms. The number of Topliss-reactive ketones (excluding diaryl/α,β-unsaturated/α-hetero) is 1. The second kappa shape index (κ2) is 8.20. The third-order valence-corrected chi connectivity index (χ3v) is 5.54. The van der Waals surface area contributed by atoms with Crippen LogP contribution in [0.5, 0.6) is 0 Å². The van der Waals surface area contributed by atoms with Gasteiger partial charge in [-0.3, -0.25) is 24.1 Å². The normalized spacial score (nSPS) is 16.6. The largest absolute Gasteiger partial charge is 0.298 e. The van der Waals surface area contributed by atoms with Crippen molar-refractivity contribution in [3.63, 3.8) is 0 Å². The van der Waals surface area contributed by atoms with E-state index in [1.807, 2.05) is 0 Å². The smallest absolute Gasteiger partial charge is 0.261 e. The monoisotopic (exact) mass is 400 g/mol. The molecule has 0 atom stereocenters. The molecule has 1 fully saturated rings. The molecular weight excluding hydrogens is 380 g/mol. The van der Waals surface area contributed by atoms with Gasteiger partial charge >= 0.3 is 0 Å². The zero-order chi connectivity index (χ0) is 20.4. The molecule has 6 nitrogen and oxygen atoms in total. The molecule has 2 amide bonds. The van der Waals surface area contributed by atoms with Gasteiger partial charge in [0, 0.05) is 39.1 Å². The summed E-state index contributed by atoms with van der Waals surface area (Å²) >= 11 is 4.14. The Morgan fingerprint density at radius 2 is 1.57 bits per heavy atom. The van der Waals surface area contributed by atoms with Crippen LogP contribution in [0.1, 0.15) is 80.5 Å². The molecule has 2 N–H and O–H groups in total. The molecule has 0 saturated heterocycles. The van der Waals surface area contributed by atoms with E-state index in [1.165, 1.54) is 11.8 Å². The molecule has 1 saturated carbocycles. The number of hydrogen-bond donors (Lipinski definition) is 1. The SMILES string of the molecule is CC(=O)c1ccc2c3c(ccc(C=O)c13)C(=O)N(C1CCCCC1)C2=O.NCl. The van der Waals surface area contributed by atoms with E-state index < -0.39 is 0 Å². The van der Waals surface area contributed by atoms with Gasteiger partial charge in [0.1, 0.15) is 0 Å². The Morgan fingerprint density at radius 1 is 1.00 bits per heavy atom. The number of hydrogen-bond acceptors (Lipinski definition) is 5. The maximum absolute atomic E-state index is 13.1. The summed E-state index contributed by atoms with van der Waals surface area (Å²) in [6.45, 7) is 1.42. The third-order valence-electron chi connectivity index (χ3n) is 5.54. The Labute approximate surface area is 167 Å². The Hall–Kier alpha value is -2.57. The van der Waals surface area contributed by atoms with Gasteiger partial charge in [-0.25, -0.2) is 5.25 Å². The minimum Gasteiger partial charge on any atom is -0.298 e. The highest BCUT2D eigenvalue weighted by molar-refractivity contribution is 6.29. The number of carbonyl (C=O) groups excluding carboxylic acids is 4. The predicted molar refractivity (Wildman–Crippen MR) is 107 cm³/mol. The first-order valence-electron chi connectivity index (χ1n) is 9.20. The van der Waals surface area contributed by atoms with Crippen LogP contribution in [-0.4, -0.2) is 34.8 Å². The Balaban J connectivity index is 0.00000109. The molecule has 0 aromatic heterocycles. The average Bonchev–Trinajstić information content (AvgIpc) is 2.73. The standard InChI is InChI=1S/C21H19NO4.ClH2N/c1-12(24)15-9-10-17-19-16(8-7-13(11-23)18(15)19)20(25)22(21(17)26)14-5-3-2-4-6-14;1-2/h7-11,14H,2-6H2,1H3;2H2. The van der Waals surface area contributed by atoms with Crippen LogP contribution in [0.4, 0.5) is 0 Å². The molecule has 2 aromatic carbocycles. The first kappa shape index (κ1) is 20.2. The van der Waals surface area contributed by atoms with Crippen molar-refractivity contribution in [1.82, 2.24) is 4.90 Å². The number of nitrogens with two attached hydrogens (primary N) is 1. The Bertz CT molecular complexity index is 958. The van der Waals surface area contributed by atoms with Crippen molar-refractivity contribution in [3.8, 4) is 0 Å². The maximum Gasteiger partial charge on any atom is 0.261 e. The first-order chi connectivity index (χ1) is 13.5. The van der Waals surface area contributed by atoms with Gasteiger partial charge in [0.15, 0.2) is 12.1 Å². The molecule has 0 bridgehead atoms. The second-order valence-corrected chi connectivity index (χ2v) is 7.06.